The Morgan fingerprint density at radius 1 is 1.47 bits per heavy atom. The van der Waals surface area contributed by atoms with E-state index < -0.39 is 5.54 Å². The summed E-state index contributed by atoms with van der Waals surface area (Å²) in [6.45, 7) is 1.69. The molecule has 4 heteroatoms. The molecule has 1 aliphatic rings. The Bertz CT molecular complexity index is 427. The zero-order valence-corrected chi connectivity index (χ0v) is 11.3. The molecule has 19 heavy (non-hydrogen) atoms. The molecule has 1 amide bonds. The molecule has 1 aromatic carbocycles. The van der Waals surface area contributed by atoms with E-state index in [1.807, 2.05) is 30.3 Å². The molecule has 4 N–H and O–H groups in total. The number of hydrogen-bond donors (Lipinski definition) is 3. The average Bonchev–Trinajstić information content (AvgIpc) is 3.23. The van der Waals surface area contributed by atoms with Crippen molar-refractivity contribution in [3.05, 3.63) is 35.9 Å². The third kappa shape index (κ3) is 3.55. The van der Waals surface area contributed by atoms with Gasteiger partial charge in [-0.15, -0.1) is 0 Å². The normalized spacial score (nSPS) is 19.5. The zero-order valence-electron chi connectivity index (χ0n) is 11.3. The predicted octanol–water partition coefficient (Wildman–Crippen LogP) is 0.834. The number of nitrogens with one attached hydrogen (secondary N) is 1. The highest BCUT2D eigenvalue weighted by atomic mass is 16.3. The number of amides is 1. The molecule has 104 valence electrons. The summed E-state index contributed by atoms with van der Waals surface area (Å²) in [6, 6.07) is 9.53. The van der Waals surface area contributed by atoms with Crippen molar-refractivity contribution in [2.24, 2.45) is 11.7 Å². The van der Waals surface area contributed by atoms with Gasteiger partial charge in [-0.2, -0.15) is 0 Å². The van der Waals surface area contributed by atoms with Crippen LogP contribution in [0.5, 0.6) is 0 Å². The van der Waals surface area contributed by atoms with Crippen LogP contribution in [0, 0.1) is 5.92 Å². The number of aliphatic hydroxyl groups excluding tert-OH is 1. The van der Waals surface area contributed by atoms with Crippen LogP contribution in [0.1, 0.15) is 25.3 Å². The molecule has 0 spiro atoms. The molecule has 4 nitrogen and oxygen atoms in total. The topological polar surface area (TPSA) is 75.4 Å². The van der Waals surface area contributed by atoms with Crippen LogP contribution < -0.4 is 11.1 Å². The van der Waals surface area contributed by atoms with Crippen molar-refractivity contribution in [1.82, 2.24) is 5.32 Å². The minimum atomic E-state index is -0.815. The fourth-order valence-corrected chi connectivity index (χ4v) is 2.27. The summed E-state index contributed by atoms with van der Waals surface area (Å²) in [5, 5.41) is 12.3. The SMILES string of the molecule is CC(N)(C(=O)N[C@H](CO)Cc1ccccc1)C1CC1. The lowest BCUT2D eigenvalue weighted by Gasteiger charge is -2.26. The van der Waals surface area contributed by atoms with Gasteiger partial charge in [-0.25, -0.2) is 0 Å². The lowest BCUT2D eigenvalue weighted by molar-refractivity contribution is -0.127. The van der Waals surface area contributed by atoms with E-state index in [1.165, 1.54) is 0 Å². The van der Waals surface area contributed by atoms with Gasteiger partial charge in [0.05, 0.1) is 18.2 Å². The summed E-state index contributed by atoms with van der Waals surface area (Å²) >= 11 is 0. The molecule has 1 aliphatic carbocycles. The van der Waals surface area contributed by atoms with Gasteiger partial charge in [0.25, 0.3) is 0 Å². The van der Waals surface area contributed by atoms with Crippen molar-refractivity contribution >= 4 is 5.91 Å². The van der Waals surface area contributed by atoms with Gasteiger partial charge in [-0.3, -0.25) is 4.79 Å². The molecule has 1 fully saturated rings. The van der Waals surface area contributed by atoms with Crippen LogP contribution in [0.2, 0.25) is 0 Å². The summed E-state index contributed by atoms with van der Waals surface area (Å²) in [5.41, 5.74) is 6.34. The first-order chi connectivity index (χ1) is 9.04. The summed E-state index contributed by atoms with van der Waals surface area (Å²) in [4.78, 5) is 12.2. The second-order valence-corrected chi connectivity index (χ2v) is 5.60. The quantitative estimate of drug-likeness (QED) is 0.711. The zero-order chi connectivity index (χ0) is 13.9. The standard InChI is InChI=1S/C15H22N2O2/c1-15(16,12-7-8-12)14(19)17-13(10-18)9-11-5-3-2-4-6-11/h2-6,12-13,18H,7-10,16H2,1H3,(H,17,19)/t13-,15?/m0/s1. The molecule has 1 saturated carbocycles. The number of hydrogen-bond acceptors (Lipinski definition) is 3. The Labute approximate surface area is 114 Å². The van der Waals surface area contributed by atoms with Crippen LogP contribution in [0.25, 0.3) is 0 Å². The molecule has 1 unspecified atom stereocenters. The van der Waals surface area contributed by atoms with Gasteiger partial charge in [-0.1, -0.05) is 30.3 Å². The molecule has 1 aromatic rings. The third-order valence-electron chi connectivity index (χ3n) is 3.80. The molecule has 0 bridgehead atoms. The highest BCUT2D eigenvalue weighted by Gasteiger charge is 2.44. The van der Waals surface area contributed by atoms with Crippen molar-refractivity contribution in [2.45, 2.75) is 37.8 Å². The third-order valence-corrected chi connectivity index (χ3v) is 3.80. The van der Waals surface area contributed by atoms with Gasteiger partial charge < -0.3 is 16.2 Å². The number of aliphatic hydroxyl groups is 1. The van der Waals surface area contributed by atoms with Crippen LogP contribution >= 0.6 is 0 Å². The Hall–Kier alpha value is -1.39. The first kappa shape index (κ1) is 14.0. The Morgan fingerprint density at radius 2 is 2.11 bits per heavy atom. The number of nitrogens with two attached hydrogens (primary N) is 1. The van der Waals surface area contributed by atoms with Gasteiger partial charge in [0.1, 0.15) is 0 Å². The molecule has 0 heterocycles. The van der Waals surface area contributed by atoms with Crippen LogP contribution in [-0.4, -0.2) is 29.2 Å². The van der Waals surface area contributed by atoms with Crippen LogP contribution in [0.3, 0.4) is 0 Å². The second-order valence-electron chi connectivity index (χ2n) is 5.60. The number of rotatable bonds is 6. The van der Waals surface area contributed by atoms with Gasteiger partial charge in [-0.05, 0) is 37.7 Å². The van der Waals surface area contributed by atoms with Crippen molar-refractivity contribution in [1.29, 1.82) is 0 Å². The molecular formula is C15H22N2O2. The van der Waals surface area contributed by atoms with Crippen molar-refractivity contribution in [2.75, 3.05) is 6.61 Å². The molecule has 0 aliphatic heterocycles. The van der Waals surface area contributed by atoms with E-state index in [2.05, 4.69) is 5.32 Å². The van der Waals surface area contributed by atoms with Crippen LogP contribution in [-0.2, 0) is 11.2 Å². The summed E-state index contributed by atoms with van der Waals surface area (Å²) < 4.78 is 0. The molecule has 2 atom stereocenters. The second kappa shape index (κ2) is 5.72. The van der Waals surface area contributed by atoms with E-state index in [9.17, 15) is 9.90 Å². The van der Waals surface area contributed by atoms with Crippen LogP contribution in [0.15, 0.2) is 30.3 Å². The molecule has 0 saturated heterocycles. The fourth-order valence-electron chi connectivity index (χ4n) is 2.27. The van der Waals surface area contributed by atoms with E-state index in [-0.39, 0.29) is 24.5 Å². The monoisotopic (exact) mass is 262 g/mol. The lowest BCUT2D eigenvalue weighted by Crippen LogP contribution is -2.56. The predicted molar refractivity (Wildman–Crippen MR) is 74.5 cm³/mol. The smallest absolute Gasteiger partial charge is 0.240 e. The van der Waals surface area contributed by atoms with Crippen molar-refractivity contribution < 1.29 is 9.90 Å². The highest BCUT2D eigenvalue weighted by molar-refractivity contribution is 5.86. The average molecular weight is 262 g/mol. The minimum Gasteiger partial charge on any atom is -0.394 e. The fraction of sp³-hybridized carbons (Fsp3) is 0.533. The van der Waals surface area contributed by atoms with Gasteiger partial charge in [0, 0.05) is 0 Å². The van der Waals surface area contributed by atoms with E-state index in [0.717, 1.165) is 18.4 Å². The molecule has 0 aromatic heterocycles. The van der Waals surface area contributed by atoms with E-state index in [1.54, 1.807) is 6.92 Å². The van der Waals surface area contributed by atoms with E-state index in [0.29, 0.717) is 6.42 Å². The van der Waals surface area contributed by atoms with E-state index in [4.69, 9.17) is 5.73 Å². The lowest BCUT2D eigenvalue weighted by atomic mass is 9.95. The maximum atomic E-state index is 12.2. The first-order valence-corrected chi connectivity index (χ1v) is 6.78. The largest absolute Gasteiger partial charge is 0.394 e. The first-order valence-electron chi connectivity index (χ1n) is 6.78. The minimum absolute atomic E-state index is 0.0820. The van der Waals surface area contributed by atoms with E-state index >= 15 is 0 Å². The number of benzene rings is 1. The number of carbonyl (C=O) groups is 1. The van der Waals surface area contributed by atoms with Crippen molar-refractivity contribution in [3.8, 4) is 0 Å². The molecular weight excluding hydrogens is 240 g/mol. The number of carbonyl (C=O) groups excluding carboxylic acids is 1. The van der Waals surface area contributed by atoms with Crippen molar-refractivity contribution in [3.63, 3.8) is 0 Å². The Balaban J connectivity index is 1.93. The summed E-state index contributed by atoms with van der Waals surface area (Å²) in [5.74, 6) is 0.119. The maximum absolute atomic E-state index is 12.2. The van der Waals surface area contributed by atoms with Crippen LogP contribution in [0.4, 0.5) is 0 Å². The summed E-state index contributed by atoms with van der Waals surface area (Å²) in [6.07, 6.45) is 2.65. The van der Waals surface area contributed by atoms with Gasteiger partial charge >= 0.3 is 0 Å². The van der Waals surface area contributed by atoms with Gasteiger partial charge in [0.2, 0.25) is 5.91 Å². The Morgan fingerprint density at radius 3 is 2.63 bits per heavy atom. The molecule has 2 rings (SSSR count). The highest BCUT2D eigenvalue weighted by Crippen LogP contribution is 2.38. The Kier molecular flexibility index (Phi) is 4.22. The molecule has 0 radical (unpaired) electrons. The summed E-state index contributed by atoms with van der Waals surface area (Å²) in [7, 11) is 0. The maximum Gasteiger partial charge on any atom is 0.240 e. The van der Waals surface area contributed by atoms with Gasteiger partial charge in [0.15, 0.2) is 0 Å².